The van der Waals surface area contributed by atoms with Crippen LogP contribution < -0.4 is 0 Å². The van der Waals surface area contributed by atoms with Gasteiger partial charge in [0.15, 0.2) is 0 Å². The van der Waals surface area contributed by atoms with Gasteiger partial charge in [-0.25, -0.2) is 14.6 Å². The molecule has 0 aromatic carbocycles. The van der Waals surface area contributed by atoms with E-state index < -0.39 is 11.9 Å². The summed E-state index contributed by atoms with van der Waals surface area (Å²) >= 11 is 2.96. The fraction of sp³-hybridized carbons (Fsp3) is 0.286. The lowest BCUT2D eigenvalue weighted by Crippen LogP contribution is -2.14. The number of methoxy groups -OCH3 is 2. The van der Waals surface area contributed by atoms with Gasteiger partial charge in [-0.1, -0.05) is 0 Å². The minimum atomic E-state index is -0.736. The first-order valence-electron chi connectivity index (χ1n) is 3.67. The monoisotopic (exact) mass is 275 g/mol. The summed E-state index contributed by atoms with van der Waals surface area (Å²) in [5.74, 6) is -1.67. The van der Waals surface area contributed by atoms with E-state index in [4.69, 9.17) is 0 Å². The van der Waals surface area contributed by atoms with Crippen molar-refractivity contribution in [1.82, 2.24) is 15.2 Å². The van der Waals surface area contributed by atoms with Crippen LogP contribution in [0.25, 0.3) is 0 Å². The Hall–Kier alpha value is -1.57. The van der Waals surface area contributed by atoms with E-state index in [1.54, 1.807) is 0 Å². The van der Waals surface area contributed by atoms with Gasteiger partial charge in [0.2, 0.25) is 5.69 Å². The predicted octanol–water partition coefficient (Wildman–Crippen LogP) is 0.207. The lowest BCUT2D eigenvalue weighted by Gasteiger charge is -2.01. The number of carbonyl (C=O) groups is 2. The van der Waals surface area contributed by atoms with Gasteiger partial charge in [-0.05, 0) is 15.9 Å². The van der Waals surface area contributed by atoms with Crippen molar-refractivity contribution in [3.8, 4) is 0 Å². The Balaban J connectivity index is 3.08. The zero-order valence-electron chi connectivity index (χ0n) is 7.85. The number of hydrogen-bond acceptors (Lipinski definition) is 7. The SMILES string of the molecule is COC(=O)c1nnc(C(=O)OC)c(Br)n1. The molecule has 0 unspecified atom stereocenters. The number of esters is 2. The van der Waals surface area contributed by atoms with Gasteiger partial charge in [0, 0.05) is 0 Å². The highest BCUT2D eigenvalue weighted by molar-refractivity contribution is 9.10. The molecule has 0 amide bonds. The molecule has 0 bridgehead atoms. The number of carbonyl (C=O) groups excluding carboxylic acids is 2. The number of hydrogen-bond donors (Lipinski definition) is 0. The molecule has 0 radical (unpaired) electrons. The van der Waals surface area contributed by atoms with Crippen LogP contribution in [0.5, 0.6) is 0 Å². The van der Waals surface area contributed by atoms with E-state index >= 15 is 0 Å². The van der Waals surface area contributed by atoms with E-state index in [-0.39, 0.29) is 16.1 Å². The van der Waals surface area contributed by atoms with Crippen LogP contribution in [0, 0.1) is 0 Å². The zero-order valence-corrected chi connectivity index (χ0v) is 9.44. The Morgan fingerprint density at radius 1 is 1.13 bits per heavy atom. The van der Waals surface area contributed by atoms with Gasteiger partial charge >= 0.3 is 11.9 Å². The molecular weight excluding hydrogens is 270 g/mol. The summed E-state index contributed by atoms with van der Waals surface area (Å²) in [6.45, 7) is 0. The Bertz CT molecular complexity index is 409. The maximum Gasteiger partial charge on any atom is 0.378 e. The molecule has 0 spiro atoms. The highest BCUT2D eigenvalue weighted by Gasteiger charge is 2.18. The van der Waals surface area contributed by atoms with Crippen LogP contribution in [-0.2, 0) is 9.47 Å². The van der Waals surface area contributed by atoms with Crippen LogP contribution in [0.3, 0.4) is 0 Å². The predicted molar refractivity (Wildman–Crippen MR) is 50.2 cm³/mol. The second-order valence-corrected chi connectivity index (χ2v) is 3.01. The molecule has 1 aromatic heterocycles. The molecule has 15 heavy (non-hydrogen) atoms. The minimum Gasteiger partial charge on any atom is -0.464 e. The molecule has 1 heterocycles. The topological polar surface area (TPSA) is 91.3 Å². The number of nitrogens with zero attached hydrogens (tertiary/aromatic N) is 3. The summed E-state index contributed by atoms with van der Waals surface area (Å²) in [6.07, 6.45) is 0. The Kier molecular flexibility index (Phi) is 3.67. The van der Waals surface area contributed by atoms with Gasteiger partial charge in [0.1, 0.15) is 4.60 Å². The highest BCUT2D eigenvalue weighted by atomic mass is 79.9. The number of halogens is 1. The van der Waals surface area contributed by atoms with Crippen LogP contribution >= 0.6 is 15.9 Å². The van der Waals surface area contributed by atoms with Crippen molar-refractivity contribution in [2.45, 2.75) is 0 Å². The van der Waals surface area contributed by atoms with Crippen LogP contribution in [-0.4, -0.2) is 41.3 Å². The van der Waals surface area contributed by atoms with Crippen molar-refractivity contribution in [3.05, 3.63) is 16.1 Å². The Morgan fingerprint density at radius 2 is 1.73 bits per heavy atom. The summed E-state index contributed by atoms with van der Waals surface area (Å²) in [4.78, 5) is 25.7. The molecule has 1 rings (SSSR count). The molecule has 0 aliphatic carbocycles. The van der Waals surface area contributed by atoms with Gasteiger partial charge in [-0.15, -0.1) is 10.2 Å². The summed E-state index contributed by atoms with van der Waals surface area (Å²) in [7, 11) is 2.39. The molecule has 0 aliphatic heterocycles. The lowest BCUT2D eigenvalue weighted by atomic mass is 10.5. The number of ether oxygens (including phenoxy) is 2. The van der Waals surface area contributed by atoms with Crippen molar-refractivity contribution in [2.75, 3.05) is 14.2 Å². The van der Waals surface area contributed by atoms with E-state index in [0.717, 1.165) is 0 Å². The molecule has 8 heteroatoms. The second kappa shape index (κ2) is 4.78. The van der Waals surface area contributed by atoms with Gasteiger partial charge in [-0.3, -0.25) is 0 Å². The third-order valence-electron chi connectivity index (χ3n) is 1.39. The zero-order chi connectivity index (χ0) is 11.4. The highest BCUT2D eigenvalue weighted by Crippen LogP contribution is 2.11. The molecular formula is C7H6BrN3O4. The van der Waals surface area contributed by atoms with Crippen molar-refractivity contribution in [2.24, 2.45) is 0 Å². The number of rotatable bonds is 2. The summed E-state index contributed by atoms with van der Waals surface area (Å²) in [6, 6.07) is 0. The van der Waals surface area contributed by atoms with Crippen LogP contribution in [0.15, 0.2) is 4.60 Å². The summed E-state index contributed by atoms with van der Waals surface area (Å²) in [5, 5.41) is 6.90. The van der Waals surface area contributed by atoms with E-state index in [0.29, 0.717) is 0 Å². The molecule has 0 fully saturated rings. The van der Waals surface area contributed by atoms with Crippen LogP contribution in [0.4, 0.5) is 0 Å². The Morgan fingerprint density at radius 3 is 2.20 bits per heavy atom. The molecule has 7 nitrogen and oxygen atoms in total. The molecule has 0 saturated heterocycles. The standard InChI is InChI=1S/C7H6BrN3O4/c1-14-6(12)3-4(8)9-5(11-10-3)7(13)15-2/h1-2H3. The third-order valence-corrected chi connectivity index (χ3v) is 1.94. The molecule has 0 saturated carbocycles. The van der Waals surface area contributed by atoms with E-state index in [1.165, 1.54) is 14.2 Å². The van der Waals surface area contributed by atoms with Crippen LogP contribution in [0.2, 0.25) is 0 Å². The molecule has 0 N–H and O–H groups in total. The summed E-state index contributed by atoms with van der Waals surface area (Å²) in [5.41, 5.74) is -0.106. The van der Waals surface area contributed by atoms with Gasteiger partial charge in [0.05, 0.1) is 14.2 Å². The third kappa shape index (κ3) is 2.46. The van der Waals surface area contributed by atoms with Crippen molar-refractivity contribution in [1.29, 1.82) is 0 Å². The van der Waals surface area contributed by atoms with Gasteiger partial charge in [-0.2, -0.15) is 0 Å². The summed E-state index contributed by atoms with van der Waals surface area (Å²) < 4.78 is 8.87. The van der Waals surface area contributed by atoms with Crippen molar-refractivity contribution >= 4 is 27.9 Å². The molecule has 0 aliphatic rings. The van der Waals surface area contributed by atoms with Gasteiger partial charge < -0.3 is 9.47 Å². The fourth-order valence-corrected chi connectivity index (χ4v) is 1.12. The van der Waals surface area contributed by atoms with E-state index in [2.05, 4.69) is 40.6 Å². The average Bonchev–Trinajstić information content (AvgIpc) is 2.26. The quantitative estimate of drug-likeness (QED) is 0.713. The Labute approximate surface area is 92.9 Å². The van der Waals surface area contributed by atoms with E-state index in [9.17, 15) is 9.59 Å². The molecule has 0 atom stereocenters. The minimum absolute atomic E-state index is 0.0738. The maximum atomic E-state index is 11.1. The van der Waals surface area contributed by atoms with Gasteiger partial charge in [0.25, 0.3) is 5.82 Å². The second-order valence-electron chi connectivity index (χ2n) is 2.26. The smallest absolute Gasteiger partial charge is 0.378 e. The van der Waals surface area contributed by atoms with E-state index in [1.807, 2.05) is 0 Å². The first-order chi connectivity index (χ1) is 7.10. The lowest BCUT2D eigenvalue weighted by molar-refractivity contribution is 0.0565. The first-order valence-corrected chi connectivity index (χ1v) is 4.46. The van der Waals surface area contributed by atoms with Crippen molar-refractivity contribution in [3.63, 3.8) is 0 Å². The fourth-order valence-electron chi connectivity index (χ4n) is 0.706. The first kappa shape index (κ1) is 11.5. The average molecular weight is 276 g/mol. The van der Waals surface area contributed by atoms with Crippen LogP contribution in [0.1, 0.15) is 21.1 Å². The largest absolute Gasteiger partial charge is 0.464 e. The molecule has 80 valence electrons. The normalized spacial score (nSPS) is 9.53. The van der Waals surface area contributed by atoms with Crippen molar-refractivity contribution < 1.29 is 19.1 Å². The number of aromatic nitrogens is 3. The maximum absolute atomic E-state index is 11.1. The molecule has 1 aromatic rings.